The molecule has 0 heterocycles. The Kier molecular flexibility index (Phi) is 5.91. The van der Waals surface area contributed by atoms with Crippen LogP contribution in [0.5, 0.6) is 0 Å². The summed E-state index contributed by atoms with van der Waals surface area (Å²) in [5.41, 5.74) is 0.0938. The van der Waals surface area contributed by atoms with E-state index in [-0.39, 0.29) is 22.4 Å². The van der Waals surface area contributed by atoms with Crippen molar-refractivity contribution in [1.82, 2.24) is 0 Å². The van der Waals surface area contributed by atoms with E-state index in [0.29, 0.717) is 0 Å². The second-order valence-corrected chi connectivity index (χ2v) is 5.62. The third-order valence-electron chi connectivity index (χ3n) is 2.30. The van der Waals surface area contributed by atoms with Crippen LogP contribution in [-0.2, 0) is 9.53 Å². The van der Waals surface area contributed by atoms with Crippen LogP contribution in [-0.4, -0.2) is 30.0 Å². The van der Waals surface area contributed by atoms with Gasteiger partial charge in [0.05, 0.1) is 13.7 Å². The van der Waals surface area contributed by atoms with Crippen molar-refractivity contribution in [3.63, 3.8) is 0 Å². The van der Waals surface area contributed by atoms with E-state index < -0.39 is 17.0 Å². The molecule has 2 atom stereocenters. The average Bonchev–Trinajstić information content (AvgIpc) is 2.36. The van der Waals surface area contributed by atoms with E-state index in [2.05, 4.69) is 4.74 Å². The van der Waals surface area contributed by atoms with Crippen molar-refractivity contribution in [2.75, 3.05) is 13.7 Å². The quantitative estimate of drug-likeness (QED) is 0.848. The maximum absolute atomic E-state index is 13.8. The van der Waals surface area contributed by atoms with Crippen LogP contribution in [0.4, 0.5) is 4.39 Å². The van der Waals surface area contributed by atoms with Crippen molar-refractivity contribution in [3.05, 3.63) is 34.6 Å². The lowest BCUT2D eigenvalue weighted by Crippen LogP contribution is -2.17. The first kappa shape index (κ1) is 15.3. The predicted molar refractivity (Wildman–Crippen MR) is 70.3 cm³/mol. The molecular formula is C12H14ClFO3S. The minimum absolute atomic E-state index is 0.0938. The van der Waals surface area contributed by atoms with Crippen molar-refractivity contribution in [3.8, 4) is 0 Å². The molecule has 0 bridgehead atoms. The summed E-state index contributed by atoms with van der Waals surface area (Å²) in [7, 11) is 1.23. The molecule has 0 radical (unpaired) electrons. The third kappa shape index (κ3) is 3.60. The Bertz CT molecular complexity index is 408. The van der Waals surface area contributed by atoms with E-state index in [4.69, 9.17) is 16.7 Å². The SMILES string of the molecule is COC(=O)[C@@H](S[C@@H](C)CO)c1c(F)cccc1Cl. The van der Waals surface area contributed by atoms with Crippen LogP contribution >= 0.6 is 23.4 Å². The van der Waals surface area contributed by atoms with Crippen LogP contribution in [0.1, 0.15) is 17.7 Å². The summed E-state index contributed by atoms with van der Waals surface area (Å²) in [6.45, 7) is 1.61. The minimum Gasteiger partial charge on any atom is -0.468 e. The Morgan fingerprint density at radius 1 is 1.61 bits per heavy atom. The number of ether oxygens (including phenoxy) is 1. The van der Waals surface area contributed by atoms with Gasteiger partial charge in [0.25, 0.3) is 0 Å². The van der Waals surface area contributed by atoms with E-state index in [1.165, 1.54) is 25.3 Å². The Morgan fingerprint density at radius 2 is 2.28 bits per heavy atom. The Hall–Kier alpha value is -0.780. The molecule has 0 aliphatic rings. The number of hydrogen-bond donors (Lipinski definition) is 1. The molecule has 1 N–H and O–H groups in total. The van der Waals surface area contributed by atoms with E-state index in [1.807, 2.05) is 0 Å². The minimum atomic E-state index is -0.883. The Balaban J connectivity index is 3.13. The van der Waals surface area contributed by atoms with Gasteiger partial charge < -0.3 is 9.84 Å². The molecule has 6 heteroatoms. The zero-order valence-electron chi connectivity index (χ0n) is 10.0. The fraction of sp³-hybridized carbons (Fsp3) is 0.417. The highest BCUT2D eigenvalue weighted by Crippen LogP contribution is 2.38. The van der Waals surface area contributed by atoms with Gasteiger partial charge in [-0.3, -0.25) is 4.79 Å². The number of esters is 1. The maximum atomic E-state index is 13.8. The summed E-state index contributed by atoms with van der Waals surface area (Å²) in [5.74, 6) is -1.15. The highest BCUT2D eigenvalue weighted by molar-refractivity contribution is 8.00. The zero-order valence-corrected chi connectivity index (χ0v) is 11.6. The van der Waals surface area contributed by atoms with Crippen molar-refractivity contribution >= 4 is 29.3 Å². The van der Waals surface area contributed by atoms with E-state index >= 15 is 0 Å². The Morgan fingerprint density at radius 3 is 2.78 bits per heavy atom. The van der Waals surface area contributed by atoms with Gasteiger partial charge in [-0.25, -0.2) is 4.39 Å². The van der Waals surface area contributed by atoms with Gasteiger partial charge in [0.15, 0.2) is 0 Å². The van der Waals surface area contributed by atoms with Crippen molar-refractivity contribution in [2.24, 2.45) is 0 Å². The molecule has 0 unspecified atom stereocenters. The van der Waals surface area contributed by atoms with Gasteiger partial charge >= 0.3 is 5.97 Å². The molecule has 0 saturated heterocycles. The molecule has 0 saturated carbocycles. The summed E-state index contributed by atoms with van der Waals surface area (Å²) in [4.78, 5) is 11.7. The van der Waals surface area contributed by atoms with Crippen LogP contribution < -0.4 is 0 Å². The van der Waals surface area contributed by atoms with Crippen molar-refractivity contribution < 1.29 is 19.0 Å². The molecule has 18 heavy (non-hydrogen) atoms. The van der Waals surface area contributed by atoms with Gasteiger partial charge in [0.2, 0.25) is 0 Å². The molecule has 0 aliphatic heterocycles. The smallest absolute Gasteiger partial charge is 0.323 e. The fourth-order valence-corrected chi connectivity index (χ4v) is 2.86. The first-order chi connectivity index (χ1) is 8.51. The molecule has 0 spiro atoms. The number of carbonyl (C=O) groups is 1. The number of rotatable bonds is 5. The maximum Gasteiger partial charge on any atom is 0.323 e. The number of aliphatic hydroxyl groups is 1. The van der Waals surface area contributed by atoms with Crippen LogP contribution in [0.3, 0.4) is 0 Å². The van der Waals surface area contributed by atoms with E-state index in [0.717, 1.165) is 11.8 Å². The number of aliphatic hydroxyl groups excluding tert-OH is 1. The molecule has 1 rings (SSSR count). The summed E-state index contributed by atoms with van der Waals surface area (Å²) in [6.07, 6.45) is 0. The summed E-state index contributed by atoms with van der Waals surface area (Å²) in [5, 5.41) is 8.08. The molecule has 0 amide bonds. The number of benzene rings is 1. The lowest BCUT2D eigenvalue weighted by atomic mass is 10.1. The highest BCUT2D eigenvalue weighted by atomic mass is 35.5. The average molecular weight is 293 g/mol. The first-order valence-corrected chi connectivity index (χ1v) is 6.61. The second kappa shape index (κ2) is 6.97. The van der Waals surface area contributed by atoms with Gasteiger partial charge in [-0.05, 0) is 12.1 Å². The number of thioether (sulfide) groups is 1. The standard InChI is InChI=1S/C12H14ClFO3S/c1-7(6-15)18-11(12(16)17-2)10-8(13)4-3-5-9(10)14/h3-5,7,11,15H,6H2,1-2H3/t7-,11-/m0/s1. The summed E-state index contributed by atoms with van der Waals surface area (Å²) >= 11 is 7.04. The van der Waals surface area contributed by atoms with Crippen molar-refractivity contribution in [1.29, 1.82) is 0 Å². The van der Waals surface area contributed by atoms with Gasteiger partial charge in [-0.1, -0.05) is 24.6 Å². The topological polar surface area (TPSA) is 46.5 Å². The summed E-state index contributed by atoms with van der Waals surface area (Å²) in [6, 6.07) is 4.22. The van der Waals surface area contributed by atoms with E-state index in [9.17, 15) is 9.18 Å². The number of hydrogen-bond acceptors (Lipinski definition) is 4. The molecular weight excluding hydrogens is 279 g/mol. The lowest BCUT2D eigenvalue weighted by molar-refractivity contribution is -0.140. The van der Waals surface area contributed by atoms with Gasteiger partial charge in [0, 0.05) is 15.8 Å². The molecule has 1 aromatic carbocycles. The fourth-order valence-electron chi connectivity index (χ4n) is 1.39. The van der Waals surface area contributed by atoms with Crippen LogP contribution in [0.15, 0.2) is 18.2 Å². The van der Waals surface area contributed by atoms with Gasteiger partial charge in [-0.15, -0.1) is 11.8 Å². The summed E-state index contributed by atoms with van der Waals surface area (Å²) < 4.78 is 18.4. The van der Waals surface area contributed by atoms with Crippen molar-refractivity contribution in [2.45, 2.75) is 17.4 Å². The third-order valence-corrected chi connectivity index (χ3v) is 3.95. The molecule has 1 aromatic rings. The normalized spacial score (nSPS) is 14.1. The number of methoxy groups -OCH3 is 1. The zero-order chi connectivity index (χ0) is 13.7. The monoisotopic (exact) mass is 292 g/mol. The van der Waals surface area contributed by atoms with Crippen LogP contribution in [0.25, 0.3) is 0 Å². The lowest BCUT2D eigenvalue weighted by Gasteiger charge is -2.19. The predicted octanol–water partition coefficient (Wildman–Crippen LogP) is 2.81. The molecule has 0 aliphatic carbocycles. The van der Waals surface area contributed by atoms with Gasteiger partial charge in [0.1, 0.15) is 11.1 Å². The number of carbonyl (C=O) groups excluding carboxylic acids is 1. The number of halogens is 2. The molecule has 100 valence electrons. The van der Waals surface area contributed by atoms with Gasteiger partial charge in [-0.2, -0.15) is 0 Å². The molecule has 0 aromatic heterocycles. The van der Waals surface area contributed by atoms with E-state index in [1.54, 1.807) is 6.92 Å². The largest absolute Gasteiger partial charge is 0.468 e. The Labute approximate surface area is 114 Å². The second-order valence-electron chi connectivity index (χ2n) is 3.67. The molecule has 0 fully saturated rings. The molecule has 3 nitrogen and oxygen atoms in total. The first-order valence-electron chi connectivity index (χ1n) is 5.29. The van der Waals surface area contributed by atoms with Crippen LogP contribution in [0, 0.1) is 5.82 Å². The highest BCUT2D eigenvalue weighted by Gasteiger charge is 2.29. The van der Waals surface area contributed by atoms with Crippen LogP contribution in [0.2, 0.25) is 5.02 Å².